The maximum atomic E-state index is 10.9. The Labute approximate surface area is 196 Å². The van der Waals surface area contributed by atoms with Crippen LogP contribution in [0.5, 0.6) is 0 Å². The molecule has 0 aliphatic rings. The molecule has 0 saturated carbocycles. The lowest BCUT2D eigenvalue weighted by Gasteiger charge is -2.26. The number of anilines is 3. The highest BCUT2D eigenvalue weighted by Gasteiger charge is 2.13. The zero-order chi connectivity index (χ0) is 23.4. The SMILES string of the molecule is Cc1ccc(N(c2ccc(C)cc2)c2ccc(-c3ccc(CCC(=O)O)cc3C)cc2)cc1. The minimum Gasteiger partial charge on any atom is -0.481 e. The van der Waals surface area contributed by atoms with Gasteiger partial charge in [0.15, 0.2) is 0 Å². The van der Waals surface area contributed by atoms with Crippen molar-refractivity contribution < 1.29 is 9.90 Å². The van der Waals surface area contributed by atoms with Crippen molar-refractivity contribution in [3.05, 3.63) is 113 Å². The maximum absolute atomic E-state index is 10.9. The molecule has 166 valence electrons. The predicted molar refractivity (Wildman–Crippen MR) is 137 cm³/mol. The molecule has 0 heterocycles. The molecule has 0 fully saturated rings. The lowest BCUT2D eigenvalue weighted by Crippen LogP contribution is -2.09. The first-order valence-electron chi connectivity index (χ1n) is 11.3. The van der Waals surface area contributed by atoms with Gasteiger partial charge in [0, 0.05) is 23.5 Å². The molecule has 0 aliphatic heterocycles. The number of aryl methyl sites for hydroxylation is 4. The third-order valence-electron chi connectivity index (χ3n) is 5.94. The smallest absolute Gasteiger partial charge is 0.303 e. The average Bonchev–Trinajstić information content (AvgIpc) is 2.81. The van der Waals surface area contributed by atoms with E-state index in [0.717, 1.165) is 39.3 Å². The van der Waals surface area contributed by atoms with Crippen molar-refractivity contribution in [3.8, 4) is 11.1 Å². The van der Waals surface area contributed by atoms with Gasteiger partial charge in [-0.25, -0.2) is 0 Å². The standard InChI is InChI=1S/C30H29NO2/c1-21-4-12-26(13-5-21)31(27-14-6-22(2)7-15-27)28-16-10-25(11-17-28)29-18-8-24(20-23(29)3)9-19-30(32)33/h4-8,10-18,20H,9,19H2,1-3H3,(H,32,33). The fourth-order valence-electron chi connectivity index (χ4n) is 4.08. The van der Waals surface area contributed by atoms with Crippen LogP contribution in [0.25, 0.3) is 11.1 Å². The molecular weight excluding hydrogens is 406 g/mol. The Morgan fingerprint density at radius 2 is 1.18 bits per heavy atom. The van der Waals surface area contributed by atoms with Gasteiger partial charge >= 0.3 is 5.97 Å². The largest absolute Gasteiger partial charge is 0.481 e. The second kappa shape index (κ2) is 9.74. The summed E-state index contributed by atoms with van der Waals surface area (Å²) in [7, 11) is 0. The quantitative estimate of drug-likeness (QED) is 0.322. The minimum absolute atomic E-state index is 0.154. The molecule has 0 aromatic heterocycles. The third kappa shape index (κ3) is 5.32. The summed E-state index contributed by atoms with van der Waals surface area (Å²) in [5, 5.41) is 8.94. The van der Waals surface area contributed by atoms with Crippen molar-refractivity contribution in [3.63, 3.8) is 0 Å². The second-order valence-corrected chi connectivity index (χ2v) is 8.60. The van der Waals surface area contributed by atoms with E-state index in [4.69, 9.17) is 5.11 Å². The topological polar surface area (TPSA) is 40.5 Å². The van der Waals surface area contributed by atoms with Gasteiger partial charge in [-0.2, -0.15) is 0 Å². The Kier molecular flexibility index (Phi) is 6.60. The Bertz CT molecular complexity index is 1190. The highest BCUT2D eigenvalue weighted by molar-refractivity contribution is 5.79. The molecule has 4 aromatic rings. The molecule has 0 amide bonds. The lowest BCUT2D eigenvalue weighted by atomic mass is 9.96. The number of carbonyl (C=O) groups is 1. The van der Waals surface area contributed by atoms with Crippen LogP contribution in [0.4, 0.5) is 17.1 Å². The summed E-state index contributed by atoms with van der Waals surface area (Å²) in [5.41, 5.74) is 10.3. The van der Waals surface area contributed by atoms with E-state index < -0.39 is 5.97 Å². The van der Waals surface area contributed by atoms with E-state index in [1.807, 2.05) is 6.07 Å². The van der Waals surface area contributed by atoms with E-state index in [2.05, 4.69) is 111 Å². The highest BCUT2D eigenvalue weighted by Crippen LogP contribution is 2.36. The monoisotopic (exact) mass is 435 g/mol. The van der Waals surface area contributed by atoms with Gasteiger partial charge < -0.3 is 10.0 Å². The van der Waals surface area contributed by atoms with Crippen molar-refractivity contribution in [2.24, 2.45) is 0 Å². The molecule has 0 saturated heterocycles. The molecule has 0 unspecified atom stereocenters. The molecule has 4 aromatic carbocycles. The van der Waals surface area contributed by atoms with E-state index in [1.54, 1.807) is 0 Å². The zero-order valence-electron chi connectivity index (χ0n) is 19.4. The first kappa shape index (κ1) is 22.3. The van der Waals surface area contributed by atoms with Crippen LogP contribution in [0.3, 0.4) is 0 Å². The number of nitrogens with zero attached hydrogens (tertiary/aromatic N) is 1. The van der Waals surface area contributed by atoms with Crippen molar-refractivity contribution >= 4 is 23.0 Å². The van der Waals surface area contributed by atoms with Crippen molar-refractivity contribution in [2.75, 3.05) is 4.90 Å². The lowest BCUT2D eigenvalue weighted by molar-refractivity contribution is -0.136. The van der Waals surface area contributed by atoms with Crippen LogP contribution < -0.4 is 4.90 Å². The molecule has 4 rings (SSSR count). The number of carboxylic acid groups (broad SMARTS) is 1. The minimum atomic E-state index is -0.765. The number of aliphatic carboxylic acids is 1. The van der Waals surface area contributed by atoms with Gasteiger partial charge in [0.25, 0.3) is 0 Å². The van der Waals surface area contributed by atoms with Crippen molar-refractivity contribution in [1.82, 2.24) is 0 Å². The first-order chi connectivity index (χ1) is 15.9. The third-order valence-corrected chi connectivity index (χ3v) is 5.94. The summed E-state index contributed by atoms with van der Waals surface area (Å²) < 4.78 is 0. The molecule has 0 spiro atoms. The van der Waals surface area contributed by atoms with Crippen LogP contribution in [0, 0.1) is 20.8 Å². The van der Waals surface area contributed by atoms with Gasteiger partial charge in [0.05, 0.1) is 0 Å². The first-order valence-corrected chi connectivity index (χ1v) is 11.3. The Morgan fingerprint density at radius 3 is 1.64 bits per heavy atom. The van der Waals surface area contributed by atoms with Crippen LogP contribution in [-0.2, 0) is 11.2 Å². The highest BCUT2D eigenvalue weighted by atomic mass is 16.4. The summed E-state index contributed by atoms with van der Waals surface area (Å²) in [6.45, 7) is 6.28. The Balaban J connectivity index is 1.66. The average molecular weight is 436 g/mol. The molecule has 0 bridgehead atoms. The van der Waals surface area contributed by atoms with E-state index in [-0.39, 0.29) is 6.42 Å². The number of hydrogen-bond acceptors (Lipinski definition) is 2. The van der Waals surface area contributed by atoms with Crippen molar-refractivity contribution in [2.45, 2.75) is 33.6 Å². The fourth-order valence-corrected chi connectivity index (χ4v) is 4.08. The Morgan fingerprint density at radius 1 is 0.697 bits per heavy atom. The summed E-state index contributed by atoms with van der Waals surface area (Å²) in [6.07, 6.45) is 0.707. The fraction of sp³-hybridized carbons (Fsp3) is 0.167. The van der Waals surface area contributed by atoms with Gasteiger partial charge in [-0.3, -0.25) is 4.79 Å². The molecule has 1 N–H and O–H groups in total. The van der Waals surface area contributed by atoms with Gasteiger partial charge in [-0.1, -0.05) is 65.7 Å². The van der Waals surface area contributed by atoms with Gasteiger partial charge in [0.2, 0.25) is 0 Å². The molecule has 0 radical (unpaired) electrons. The van der Waals surface area contributed by atoms with Gasteiger partial charge in [0.1, 0.15) is 0 Å². The van der Waals surface area contributed by atoms with Crippen LogP contribution in [-0.4, -0.2) is 11.1 Å². The second-order valence-electron chi connectivity index (χ2n) is 8.60. The normalized spacial score (nSPS) is 10.8. The maximum Gasteiger partial charge on any atom is 0.303 e. The van der Waals surface area contributed by atoms with Crippen LogP contribution in [0.1, 0.15) is 28.7 Å². The number of carboxylic acids is 1. The van der Waals surface area contributed by atoms with E-state index in [1.165, 1.54) is 11.1 Å². The van der Waals surface area contributed by atoms with Crippen LogP contribution in [0.2, 0.25) is 0 Å². The van der Waals surface area contributed by atoms with Crippen LogP contribution in [0.15, 0.2) is 91.0 Å². The molecule has 33 heavy (non-hydrogen) atoms. The molecular formula is C30H29NO2. The predicted octanol–water partition coefficient (Wildman–Crippen LogP) is 7.77. The van der Waals surface area contributed by atoms with Gasteiger partial charge in [-0.15, -0.1) is 0 Å². The summed E-state index contributed by atoms with van der Waals surface area (Å²) in [5.74, 6) is -0.765. The summed E-state index contributed by atoms with van der Waals surface area (Å²) >= 11 is 0. The number of hydrogen-bond donors (Lipinski definition) is 1. The van der Waals surface area contributed by atoms with Crippen LogP contribution >= 0.6 is 0 Å². The summed E-state index contributed by atoms with van der Waals surface area (Å²) in [6, 6.07) is 32.0. The van der Waals surface area contributed by atoms with Gasteiger partial charge in [-0.05, 0) is 85.8 Å². The Hall–Kier alpha value is -3.85. The van der Waals surface area contributed by atoms with E-state index >= 15 is 0 Å². The molecule has 3 nitrogen and oxygen atoms in total. The summed E-state index contributed by atoms with van der Waals surface area (Å²) in [4.78, 5) is 13.1. The number of rotatable bonds is 7. The van der Waals surface area contributed by atoms with E-state index in [0.29, 0.717) is 6.42 Å². The molecule has 0 atom stereocenters. The van der Waals surface area contributed by atoms with E-state index in [9.17, 15) is 4.79 Å². The number of benzene rings is 4. The molecule has 3 heteroatoms. The zero-order valence-corrected chi connectivity index (χ0v) is 19.4. The molecule has 0 aliphatic carbocycles. The van der Waals surface area contributed by atoms with Crippen molar-refractivity contribution in [1.29, 1.82) is 0 Å².